The molecule has 0 aromatic heterocycles. The number of rotatable bonds is 7. The second-order valence-electron chi connectivity index (χ2n) is 8.01. The maximum Gasteiger partial charge on any atom is 0.118 e. The maximum absolute atomic E-state index is 11.3. The Balaban J connectivity index is 0.00000193. The van der Waals surface area contributed by atoms with Crippen LogP contribution in [0.2, 0.25) is 5.02 Å². The van der Waals surface area contributed by atoms with Gasteiger partial charge in [-0.15, -0.1) is 24.8 Å². The van der Waals surface area contributed by atoms with Crippen LogP contribution in [-0.4, -0.2) is 48.2 Å². The molecule has 3 aromatic carbocycles. The van der Waals surface area contributed by atoms with Crippen molar-refractivity contribution in [2.75, 3.05) is 33.3 Å². The number of ether oxygens (including phenoxy) is 1. The van der Waals surface area contributed by atoms with Crippen LogP contribution in [0.5, 0.6) is 5.75 Å². The molecule has 3 aromatic rings. The van der Waals surface area contributed by atoms with Crippen LogP contribution < -0.4 is 4.74 Å². The third-order valence-corrected chi connectivity index (χ3v) is 6.27. The van der Waals surface area contributed by atoms with Gasteiger partial charge in [-0.25, -0.2) is 0 Å². The molecule has 0 spiro atoms. The molecule has 1 saturated heterocycles. The second-order valence-corrected chi connectivity index (χ2v) is 8.45. The summed E-state index contributed by atoms with van der Waals surface area (Å²) in [4.78, 5) is 4.87. The molecule has 1 heterocycles. The number of hydrogen-bond acceptors (Lipinski definition) is 4. The monoisotopic (exact) mass is 508 g/mol. The predicted molar refractivity (Wildman–Crippen MR) is 140 cm³/mol. The lowest BCUT2D eigenvalue weighted by atomic mass is 9.93. The minimum absolute atomic E-state index is 0. The Morgan fingerprint density at radius 3 is 2.00 bits per heavy atom. The van der Waals surface area contributed by atoms with E-state index >= 15 is 0 Å². The molecule has 1 N–H and O–H groups in total. The third-order valence-electron chi connectivity index (χ3n) is 6.02. The van der Waals surface area contributed by atoms with Crippen LogP contribution >= 0.6 is 36.4 Å². The first-order valence-electron chi connectivity index (χ1n) is 10.7. The Morgan fingerprint density at radius 2 is 1.42 bits per heavy atom. The van der Waals surface area contributed by atoms with E-state index in [1.54, 1.807) is 7.11 Å². The summed E-state index contributed by atoms with van der Waals surface area (Å²) in [6.07, 6.45) is -0.618. The molecule has 4 nitrogen and oxygen atoms in total. The van der Waals surface area contributed by atoms with Crippen molar-refractivity contribution in [3.05, 3.63) is 101 Å². The number of nitrogens with zero attached hydrogens (tertiary/aromatic N) is 2. The number of methoxy groups -OCH3 is 1. The highest BCUT2D eigenvalue weighted by atomic mass is 35.5. The summed E-state index contributed by atoms with van der Waals surface area (Å²) < 4.78 is 5.26. The Labute approximate surface area is 213 Å². The van der Waals surface area contributed by atoms with E-state index in [1.807, 2.05) is 54.6 Å². The molecule has 0 radical (unpaired) electrons. The first kappa shape index (κ1) is 27.5. The zero-order valence-electron chi connectivity index (χ0n) is 18.6. The Bertz CT molecular complexity index is 948. The molecular weight excluding hydrogens is 479 g/mol. The average Bonchev–Trinajstić information content (AvgIpc) is 2.82. The molecule has 178 valence electrons. The van der Waals surface area contributed by atoms with Crippen LogP contribution in [0.1, 0.15) is 28.8 Å². The van der Waals surface area contributed by atoms with E-state index in [4.69, 9.17) is 16.3 Å². The van der Waals surface area contributed by atoms with E-state index in [1.165, 1.54) is 5.56 Å². The molecular formula is C26H31Cl3N2O2. The van der Waals surface area contributed by atoms with E-state index in [0.29, 0.717) is 5.02 Å². The van der Waals surface area contributed by atoms with Gasteiger partial charge in [0.15, 0.2) is 0 Å². The van der Waals surface area contributed by atoms with Gasteiger partial charge < -0.3 is 9.84 Å². The lowest BCUT2D eigenvalue weighted by Gasteiger charge is -2.41. The second kappa shape index (κ2) is 13.2. The maximum atomic E-state index is 11.3. The Morgan fingerprint density at radius 1 is 0.818 bits per heavy atom. The van der Waals surface area contributed by atoms with Gasteiger partial charge >= 0.3 is 0 Å². The van der Waals surface area contributed by atoms with Gasteiger partial charge in [-0.2, -0.15) is 0 Å². The summed E-state index contributed by atoms with van der Waals surface area (Å²) in [5.74, 6) is 0.885. The fourth-order valence-electron chi connectivity index (χ4n) is 4.27. The molecule has 33 heavy (non-hydrogen) atoms. The number of hydrogen-bond donors (Lipinski definition) is 1. The van der Waals surface area contributed by atoms with Crippen LogP contribution in [0.3, 0.4) is 0 Å². The van der Waals surface area contributed by atoms with Gasteiger partial charge in [0.2, 0.25) is 0 Å². The van der Waals surface area contributed by atoms with Crippen molar-refractivity contribution < 1.29 is 9.84 Å². The highest BCUT2D eigenvalue weighted by Crippen LogP contribution is 2.35. The molecule has 7 heteroatoms. The largest absolute Gasteiger partial charge is 0.497 e. The van der Waals surface area contributed by atoms with Crippen molar-refractivity contribution in [2.24, 2.45) is 0 Å². The molecule has 1 aliphatic heterocycles. The van der Waals surface area contributed by atoms with Gasteiger partial charge in [-0.1, -0.05) is 66.2 Å². The van der Waals surface area contributed by atoms with E-state index in [9.17, 15) is 5.11 Å². The summed E-state index contributed by atoms with van der Waals surface area (Å²) in [5, 5.41) is 12.0. The Hall–Kier alpha value is -1.79. The fraction of sp³-hybridized carbons (Fsp3) is 0.308. The van der Waals surface area contributed by atoms with Crippen LogP contribution in [0, 0.1) is 0 Å². The lowest BCUT2D eigenvalue weighted by Crippen LogP contribution is -2.48. The van der Waals surface area contributed by atoms with Crippen LogP contribution in [-0.2, 0) is 6.54 Å². The number of aliphatic hydroxyl groups is 1. The van der Waals surface area contributed by atoms with Crippen molar-refractivity contribution >= 4 is 36.4 Å². The third kappa shape index (κ3) is 7.10. The van der Waals surface area contributed by atoms with Gasteiger partial charge in [0.1, 0.15) is 5.75 Å². The molecule has 2 atom stereocenters. The van der Waals surface area contributed by atoms with Gasteiger partial charge in [0.05, 0.1) is 19.3 Å². The van der Waals surface area contributed by atoms with Gasteiger partial charge in [-0.3, -0.25) is 9.80 Å². The lowest BCUT2D eigenvalue weighted by molar-refractivity contribution is 0.0149. The molecule has 0 bridgehead atoms. The van der Waals surface area contributed by atoms with Crippen LogP contribution in [0.25, 0.3) is 0 Å². The summed E-state index contributed by atoms with van der Waals surface area (Å²) in [5.41, 5.74) is 3.31. The number of benzene rings is 3. The van der Waals surface area contributed by atoms with Crippen LogP contribution in [0.4, 0.5) is 0 Å². The average molecular weight is 510 g/mol. The standard InChI is InChI=1S/C26H29ClN2O2.2ClH/c1-31-24-13-7-20(8-14-24)19-28-15-17-29(18-16-28)25(21-5-3-2-4-6-21)26(30)22-9-11-23(27)12-10-22;;/h2-14,25-26,30H,15-19H2,1H3;2*1H. The molecule has 0 aliphatic carbocycles. The SMILES string of the molecule is COc1ccc(CN2CCN(C(c3ccccc3)C(O)c3ccc(Cl)cc3)CC2)cc1.Cl.Cl. The summed E-state index contributed by atoms with van der Waals surface area (Å²) in [6, 6.07) is 26.0. The normalized spacial score (nSPS) is 16.2. The topological polar surface area (TPSA) is 35.9 Å². The molecule has 4 rings (SSSR count). The minimum Gasteiger partial charge on any atom is -0.497 e. The zero-order chi connectivity index (χ0) is 21.6. The summed E-state index contributed by atoms with van der Waals surface area (Å²) in [6.45, 7) is 4.65. The van der Waals surface area contributed by atoms with E-state index < -0.39 is 6.10 Å². The number of halogens is 3. The molecule has 2 unspecified atom stereocenters. The Kier molecular flexibility index (Phi) is 11.0. The molecule has 1 fully saturated rings. The first-order valence-corrected chi connectivity index (χ1v) is 11.1. The summed E-state index contributed by atoms with van der Waals surface area (Å²) in [7, 11) is 1.69. The fourth-order valence-corrected chi connectivity index (χ4v) is 4.40. The van der Waals surface area contributed by atoms with E-state index in [-0.39, 0.29) is 30.9 Å². The van der Waals surface area contributed by atoms with Crippen molar-refractivity contribution in [3.63, 3.8) is 0 Å². The number of aliphatic hydroxyl groups excluding tert-OH is 1. The summed E-state index contributed by atoms with van der Waals surface area (Å²) >= 11 is 6.06. The minimum atomic E-state index is -0.618. The van der Waals surface area contributed by atoms with Gasteiger partial charge in [-0.05, 0) is 41.0 Å². The first-order chi connectivity index (χ1) is 15.1. The molecule has 0 amide bonds. The van der Waals surface area contributed by atoms with Crippen molar-refractivity contribution in [1.82, 2.24) is 9.80 Å². The van der Waals surface area contributed by atoms with Gasteiger partial charge in [0, 0.05) is 37.7 Å². The predicted octanol–water partition coefficient (Wildman–Crippen LogP) is 5.78. The van der Waals surface area contributed by atoms with E-state index in [0.717, 1.165) is 49.6 Å². The highest BCUT2D eigenvalue weighted by molar-refractivity contribution is 6.30. The highest BCUT2D eigenvalue weighted by Gasteiger charge is 2.31. The van der Waals surface area contributed by atoms with E-state index in [2.05, 4.69) is 34.1 Å². The molecule has 1 aliphatic rings. The van der Waals surface area contributed by atoms with Crippen molar-refractivity contribution in [2.45, 2.75) is 18.7 Å². The van der Waals surface area contributed by atoms with Crippen molar-refractivity contribution in [3.8, 4) is 5.75 Å². The van der Waals surface area contributed by atoms with Crippen LogP contribution in [0.15, 0.2) is 78.9 Å². The molecule has 0 saturated carbocycles. The zero-order valence-corrected chi connectivity index (χ0v) is 21.0. The number of piperazine rings is 1. The smallest absolute Gasteiger partial charge is 0.118 e. The van der Waals surface area contributed by atoms with Gasteiger partial charge in [0.25, 0.3) is 0 Å². The quantitative estimate of drug-likeness (QED) is 0.438. The van der Waals surface area contributed by atoms with Crippen molar-refractivity contribution in [1.29, 1.82) is 0 Å².